The molecule has 1 aliphatic rings. The minimum absolute atomic E-state index is 0.104. The van der Waals surface area contributed by atoms with Gasteiger partial charge in [-0.3, -0.25) is 0 Å². The summed E-state index contributed by atoms with van der Waals surface area (Å²) in [5, 5.41) is 3.38. The predicted molar refractivity (Wildman–Crippen MR) is 91.3 cm³/mol. The fourth-order valence-corrected chi connectivity index (χ4v) is 4.99. The fraction of sp³-hybridized carbons (Fsp3) is 0.500. The van der Waals surface area contributed by atoms with Gasteiger partial charge >= 0.3 is 0 Å². The summed E-state index contributed by atoms with van der Waals surface area (Å²) in [5.41, 5.74) is 0. The summed E-state index contributed by atoms with van der Waals surface area (Å²) in [5.74, 6) is 0.605. The Morgan fingerprint density at radius 3 is 3.05 bits per heavy atom. The first-order chi connectivity index (χ1) is 9.11. The lowest BCUT2D eigenvalue weighted by Gasteiger charge is -2.17. The first-order valence-corrected chi connectivity index (χ1v) is 8.91. The van der Waals surface area contributed by atoms with Gasteiger partial charge in [0.2, 0.25) is 0 Å². The van der Waals surface area contributed by atoms with Crippen LogP contribution >= 0.6 is 46.1 Å². The van der Waals surface area contributed by atoms with E-state index in [0.717, 1.165) is 17.5 Å². The minimum Gasteiger partial charge on any atom is -0.355 e. The molecule has 5 heteroatoms. The maximum atomic E-state index is 6.17. The summed E-state index contributed by atoms with van der Waals surface area (Å²) in [4.78, 5) is 0. The summed E-state index contributed by atoms with van der Waals surface area (Å²) >= 11 is 9.76. The minimum atomic E-state index is 0.104. The molecule has 0 bridgehead atoms. The predicted octanol–water partition coefficient (Wildman–Crippen LogP) is 5.37. The molecule has 0 aromatic carbocycles. The van der Waals surface area contributed by atoms with Crippen molar-refractivity contribution in [2.24, 2.45) is 5.92 Å². The van der Waals surface area contributed by atoms with Gasteiger partial charge < -0.3 is 9.30 Å². The van der Waals surface area contributed by atoms with Crippen LogP contribution < -0.4 is 0 Å². The fourth-order valence-electron chi connectivity index (χ4n) is 2.78. The standard InChI is InChI=1S/C14H16INOS2/c1-3-11-8(2)6-12(17-11)16-7-10(15)9-4-5-19-13(9)14(16)18/h4-5,7-8,11-12H,3,6H2,1-2H3/t8-,11-,12-/m1/s1. The number of thiophene rings is 1. The smallest absolute Gasteiger partial charge is 0.135 e. The molecule has 0 saturated carbocycles. The molecular formula is C14H16INOS2. The van der Waals surface area contributed by atoms with Crippen molar-refractivity contribution in [3.8, 4) is 0 Å². The van der Waals surface area contributed by atoms with Crippen LogP contribution in [0.2, 0.25) is 0 Å². The van der Waals surface area contributed by atoms with E-state index in [1.165, 1.54) is 13.7 Å². The molecule has 2 nitrogen and oxygen atoms in total. The molecule has 0 radical (unpaired) electrons. The van der Waals surface area contributed by atoms with Crippen molar-refractivity contribution in [3.05, 3.63) is 25.9 Å². The van der Waals surface area contributed by atoms with Crippen LogP contribution in [0.3, 0.4) is 0 Å². The van der Waals surface area contributed by atoms with Crippen LogP contribution in [0.5, 0.6) is 0 Å². The van der Waals surface area contributed by atoms with Crippen molar-refractivity contribution in [2.45, 2.75) is 39.0 Å². The molecule has 0 amide bonds. The van der Waals surface area contributed by atoms with Gasteiger partial charge in [-0.15, -0.1) is 11.3 Å². The van der Waals surface area contributed by atoms with E-state index in [9.17, 15) is 0 Å². The lowest BCUT2D eigenvalue weighted by molar-refractivity contribution is -0.00573. The number of rotatable bonds is 2. The van der Waals surface area contributed by atoms with E-state index in [0.29, 0.717) is 12.0 Å². The summed E-state index contributed by atoms with van der Waals surface area (Å²) in [6, 6.07) is 2.15. The Balaban J connectivity index is 2.07. The molecule has 1 saturated heterocycles. The maximum Gasteiger partial charge on any atom is 0.135 e. The normalized spacial score (nSPS) is 27.2. The maximum absolute atomic E-state index is 6.17. The summed E-state index contributed by atoms with van der Waals surface area (Å²) in [6.45, 7) is 4.46. The molecule has 3 rings (SSSR count). The Morgan fingerprint density at radius 2 is 2.37 bits per heavy atom. The number of aromatic nitrogens is 1. The average Bonchev–Trinajstić information content (AvgIpc) is 3.00. The Bertz CT molecular complexity index is 663. The summed E-state index contributed by atoms with van der Waals surface area (Å²) < 4.78 is 11.7. The summed E-state index contributed by atoms with van der Waals surface area (Å²) in [6.07, 6.45) is 4.74. The second-order valence-corrected chi connectivity index (χ2v) is 7.57. The number of ether oxygens (including phenoxy) is 1. The first kappa shape index (κ1) is 14.0. The van der Waals surface area contributed by atoms with Crippen molar-refractivity contribution < 1.29 is 4.74 Å². The van der Waals surface area contributed by atoms with Crippen LogP contribution in [0.15, 0.2) is 17.6 Å². The van der Waals surface area contributed by atoms with Crippen LogP contribution in [-0.4, -0.2) is 10.7 Å². The number of hydrogen-bond acceptors (Lipinski definition) is 3. The van der Waals surface area contributed by atoms with Gasteiger partial charge in [0.05, 0.1) is 10.8 Å². The van der Waals surface area contributed by atoms with Gasteiger partial charge in [-0.1, -0.05) is 26.1 Å². The Labute approximate surface area is 135 Å². The quantitative estimate of drug-likeness (QED) is 0.493. The molecule has 0 spiro atoms. The Kier molecular flexibility index (Phi) is 3.99. The molecule has 3 atom stereocenters. The zero-order chi connectivity index (χ0) is 13.6. The van der Waals surface area contributed by atoms with E-state index < -0.39 is 0 Å². The highest BCUT2D eigenvalue weighted by Crippen LogP contribution is 2.37. The first-order valence-electron chi connectivity index (χ1n) is 6.55. The Hall–Kier alpha value is 0.0200. The highest BCUT2D eigenvalue weighted by molar-refractivity contribution is 14.1. The molecular weight excluding hydrogens is 389 g/mol. The number of hydrogen-bond donors (Lipinski definition) is 0. The molecule has 2 aromatic rings. The Morgan fingerprint density at radius 1 is 1.58 bits per heavy atom. The zero-order valence-corrected chi connectivity index (χ0v) is 14.7. The third-order valence-electron chi connectivity index (χ3n) is 3.86. The number of nitrogens with zero attached hydrogens (tertiary/aromatic N) is 1. The molecule has 0 aliphatic carbocycles. The average molecular weight is 405 g/mol. The van der Waals surface area contributed by atoms with Crippen LogP contribution in [0.25, 0.3) is 10.1 Å². The van der Waals surface area contributed by atoms with Crippen LogP contribution in [0.4, 0.5) is 0 Å². The van der Waals surface area contributed by atoms with Gasteiger partial charge in [-0.2, -0.15) is 0 Å². The second kappa shape index (κ2) is 5.42. The van der Waals surface area contributed by atoms with E-state index in [1.54, 1.807) is 11.3 Å². The third kappa shape index (κ3) is 2.39. The van der Waals surface area contributed by atoms with Crippen LogP contribution in [0, 0.1) is 14.1 Å². The van der Waals surface area contributed by atoms with E-state index in [4.69, 9.17) is 17.0 Å². The third-order valence-corrected chi connectivity index (χ3v) is 6.18. The zero-order valence-electron chi connectivity index (χ0n) is 10.9. The molecule has 3 heterocycles. The SMILES string of the molecule is CC[C@H]1O[C@@H](n2cc(I)c3ccsc3c2=S)C[C@H]1C. The summed E-state index contributed by atoms with van der Waals surface area (Å²) in [7, 11) is 0. The van der Waals surface area contributed by atoms with Gasteiger partial charge in [-0.05, 0) is 52.8 Å². The van der Waals surface area contributed by atoms with Gasteiger partial charge in [-0.25, -0.2) is 0 Å². The van der Waals surface area contributed by atoms with Crippen molar-refractivity contribution >= 4 is 56.2 Å². The van der Waals surface area contributed by atoms with E-state index in [-0.39, 0.29) is 6.23 Å². The monoisotopic (exact) mass is 405 g/mol. The van der Waals surface area contributed by atoms with E-state index in [1.807, 2.05) is 0 Å². The molecule has 0 unspecified atom stereocenters. The van der Waals surface area contributed by atoms with Crippen molar-refractivity contribution in [3.63, 3.8) is 0 Å². The molecule has 1 fully saturated rings. The topological polar surface area (TPSA) is 14.2 Å². The van der Waals surface area contributed by atoms with Crippen molar-refractivity contribution in [1.29, 1.82) is 0 Å². The van der Waals surface area contributed by atoms with E-state index >= 15 is 0 Å². The van der Waals surface area contributed by atoms with Gasteiger partial charge in [0, 0.05) is 15.2 Å². The highest BCUT2D eigenvalue weighted by atomic mass is 127. The van der Waals surface area contributed by atoms with Gasteiger partial charge in [0.1, 0.15) is 10.9 Å². The highest BCUT2D eigenvalue weighted by Gasteiger charge is 2.32. The molecule has 2 aromatic heterocycles. The largest absolute Gasteiger partial charge is 0.355 e. The van der Waals surface area contributed by atoms with Gasteiger partial charge in [0.15, 0.2) is 0 Å². The van der Waals surface area contributed by atoms with Crippen molar-refractivity contribution in [2.75, 3.05) is 0 Å². The van der Waals surface area contributed by atoms with Gasteiger partial charge in [0.25, 0.3) is 0 Å². The van der Waals surface area contributed by atoms with Crippen molar-refractivity contribution in [1.82, 2.24) is 4.57 Å². The number of fused-ring (bicyclic) bond motifs is 1. The second-order valence-electron chi connectivity index (χ2n) is 5.10. The molecule has 102 valence electrons. The molecule has 1 aliphatic heterocycles. The number of pyridine rings is 1. The van der Waals surface area contributed by atoms with Crippen LogP contribution in [0.1, 0.15) is 32.9 Å². The lowest BCUT2D eigenvalue weighted by Crippen LogP contribution is -2.13. The lowest BCUT2D eigenvalue weighted by atomic mass is 10.0. The van der Waals surface area contributed by atoms with Crippen LogP contribution in [-0.2, 0) is 4.74 Å². The number of halogens is 1. The molecule has 19 heavy (non-hydrogen) atoms. The molecule has 0 N–H and O–H groups in total. The van der Waals surface area contributed by atoms with E-state index in [2.05, 4.69) is 58.6 Å².